The number of hydrogen-bond acceptors (Lipinski definition) is 1. The van der Waals surface area contributed by atoms with E-state index in [0.29, 0.717) is 0 Å². The highest BCUT2D eigenvalue weighted by Crippen LogP contribution is 2.22. The fraction of sp³-hybridized carbons (Fsp3) is 0. The molecule has 0 amide bonds. The van der Waals surface area contributed by atoms with Crippen molar-refractivity contribution in [2.45, 2.75) is 0 Å². The molecule has 96 valence electrons. The van der Waals surface area contributed by atoms with Gasteiger partial charge in [-0.25, -0.2) is 9.38 Å². The maximum Gasteiger partial charge on any atom is 0.279 e. The molecule has 0 saturated heterocycles. The van der Waals surface area contributed by atoms with Crippen LogP contribution in [0.4, 0.5) is 13.2 Å². The van der Waals surface area contributed by atoms with Gasteiger partial charge in [0.05, 0.1) is 17.0 Å². The molecule has 0 unspecified atom stereocenters. The Labute approximate surface area is 108 Å². The average molecular weight is 261 g/mol. The Morgan fingerprint density at radius 2 is 1.74 bits per heavy atom. The van der Waals surface area contributed by atoms with E-state index in [1.165, 1.54) is 36.4 Å². The molecule has 19 heavy (non-hydrogen) atoms. The van der Waals surface area contributed by atoms with Crippen molar-refractivity contribution >= 4 is 11.4 Å². The SMILES string of the molecule is C=C(N=C1C=CC=CC1=C(F)F)c1ccccc1F. The monoisotopic (exact) mass is 261 g/mol. The molecule has 1 nitrogen and oxygen atoms in total. The first-order valence-corrected chi connectivity index (χ1v) is 5.52. The van der Waals surface area contributed by atoms with Crippen LogP contribution in [0.2, 0.25) is 0 Å². The van der Waals surface area contributed by atoms with Gasteiger partial charge in [0.25, 0.3) is 6.08 Å². The number of hydrogen-bond donors (Lipinski definition) is 0. The second kappa shape index (κ2) is 5.52. The van der Waals surface area contributed by atoms with Crippen molar-refractivity contribution < 1.29 is 13.2 Å². The lowest BCUT2D eigenvalue weighted by Crippen LogP contribution is -2.02. The molecule has 0 spiro atoms. The molecule has 0 bridgehead atoms. The van der Waals surface area contributed by atoms with Gasteiger partial charge in [-0.2, -0.15) is 8.78 Å². The van der Waals surface area contributed by atoms with Crippen LogP contribution in [-0.4, -0.2) is 5.71 Å². The summed E-state index contributed by atoms with van der Waals surface area (Å²) < 4.78 is 39.0. The van der Waals surface area contributed by atoms with Crippen molar-refractivity contribution in [3.05, 3.63) is 78.2 Å². The first-order chi connectivity index (χ1) is 9.09. The predicted molar refractivity (Wildman–Crippen MR) is 70.4 cm³/mol. The van der Waals surface area contributed by atoms with Crippen LogP contribution in [0, 0.1) is 5.82 Å². The molecule has 1 aromatic rings. The lowest BCUT2D eigenvalue weighted by Gasteiger charge is -2.07. The van der Waals surface area contributed by atoms with Crippen LogP contribution in [-0.2, 0) is 0 Å². The highest BCUT2D eigenvalue weighted by atomic mass is 19.3. The second-order valence-electron chi connectivity index (χ2n) is 3.82. The van der Waals surface area contributed by atoms with Crippen LogP contribution < -0.4 is 0 Å². The third kappa shape index (κ3) is 2.91. The summed E-state index contributed by atoms with van der Waals surface area (Å²) in [6, 6.07) is 5.94. The van der Waals surface area contributed by atoms with Gasteiger partial charge in [-0.1, -0.05) is 30.9 Å². The van der Waals surface area contributed by atoms with Gasteiger partial charge < -0.3 is 0 Å². The van der Waals surface area contributed by atoms with Gasteiger partial charge in [0.15, 0.2) is 0 Å². The zero-order valence-corrected chi connectivity index (χ0v) is 9.91. The van der Waals surface area contributed by atoms with Gasteiger partial charge >= 0.3 is 0 Å². The van der Waals surface area contributed by atoms with E-state index in [1.807, 2.05) is 0 Å². The molecule has 0 radical (unpaired) electrons. The third-order valence-electron chi connectivity index (χ3n) is 2.55. The lowest BCUT2D eigenvalue weighted by atomic mass is 10.1. The van der Waals surface area contributed by atoms with Gasteiger partial charge in [-0.15, -0.1) is 0 Å². The fourth-order valence-corrected chi connectivity index (χ4v) is 1.63. The van der Waals surface area contributed by atoms with Crippen molar-refractivity contribution in [2.24, 2.45) is 4.99 Å². The minimum atomic E-state index is -1.83. The van der Waals surface area contributed by atoms with E-state index < -0.39 is 11.9 Å². The minimum Gasteiger partial charge on any atom is -0.248 e. The maximum absolute atomic E-state index is 13.5. The molecule has 0 fully saturated rings. The van der Waals surface area contributed by atoms with Crippen molar-refractivity contribution in [2.75, 3.05) is 0 Å². The summed E-state index contributed by atoms with van der Waals surface area (Å²) >= 11 is 0. The van der Waals surface area contributed by atoms with Crippen molar-refractivity contribution in [1.82, 2.24) is 0 Å². The van der Waals surface area contributed by atoms with Gasteiger partial charge in [0.1, 0.15) is 5.82 Å². The van der Waals surface area contributed by atoms with Crippen LogP contribution in [0.15, 0.2) is 71.8 Å². The van der Waals surface area contributed by atoms with E-state index in [-0.39, 0.29) is 22.5 Å². The minimum absolute atomic E-state index is 0.0655. The highest BCUT2D eigenvalue weighted by Gasteiger charge is 2.12. The number of rotatable bonds is 2. The van der Waals surface area contributed by atoms with Crippen LogP contribution in [0.3, 0.4) is 0 Å². The summed E-state index contributed by atoms with van der Waals surface area (Å²) in [5, 5.41) is 0. The molecular formula is C15H10F3N. The molecule has 0 N–H and O–H groups in total. The van der Waals surface area contributed by atoms with E-state index >= 15 is 0 Å². The van der Waals surface area contributed by atoms with Crippen LogP contribution >= 0.6 is 0 Å². The fourth-order valence-electron chi connectivity index (χ4n) is 1.63. The number of aliphatic imine (C=N–C) groups is 1. The summed E-state index contributed by atoms with van der Waals surface area (Å²) in [6.45, 7) is 3.62. The number of allylic oxidation sites excluding steroid dienone is 5. The Bertz CT molecular complexity index is 633. The van der Waals surface area contributed by atoms with Crippen LogP contribution in [0.5, 0.6) is 0 Å². The summed E-state index contributed by atoms with van der Waals surface area (Å²) in [5.74, 6) is -0.488. The second-order valence-corrected chi connectivity index (χ2v) is 3.82. The normalized spacial score (nSPS) is 15.9. The van der Waals surface area contributed by atoms with E-state index in [2.05, 4.69) is 11.6 Å². The van der Waals surface area contributed by atoms with Gasteiger partial charge in [-0.05, 0) is 24.3 Å². The number of nitrogens with zero attached hydrogens (tertiary/aromatic N) is 1. The Morgan fingerprint density at radius 3 is 2.42 bits per heavy atom. The van der Waals surface area contributed by atoms with Crippen LogP contribution in [0.1, 0.15) is 5.56 Å². The Balaban J connectivity index is 2.39. The number of benzene rings is 1. The summed E-state index contributed by atoms with van der Waals surface area (Å²) in [5.41, 5.74) is 0.0825. The Morgan fingerprint density at radius 1 is 1.05 bits per heavy atom. The zero-order valence-electron chi connectivity index (χ0n) is 9.91. The first kappa shape index (κ1) is 13.1. The summed E-state index contributed by atoms with van der Waals surface area (Å²) in [6.07, 6.45) is 3.92. The van der Waals surface area contributed by atoms with Crippen molar-refractivity contribution in [3.63, 3.8) is 0 Å². The largest absolute Gasteiger partial charge is 0.279 e. The molecule has 0 heterocycles. The van der Waals surface area contributed by atoms with Gasteiger partial charge in [0, 0.05) is 5.56 Å². The van der Waals surface area contributed by atoms with Gasteiger partial charge in [-0.3, -0.25) is 0 Å². The molecule has 1 aliphatic carbocycles. The number of halogens is 3. The topological polar surface area (TPSA) is 12.4 Å². The standard InChI is InChI=1S/C15H10F3N/c1-10(11-6-2-4-8-13(11)16)19-14-9-5-3-7-12(14)15(17)18/h2-9H,1H2. The molecular weight excluding hydrogens is 251 g/mol. The first-order valence-electron chi connectivity index (χ1n) is 5.52. The molecule has 2 rings (SSSR count). The molecule has 0 atom stereocenters. The Hall–Kier alpha value is -2.36. The average Bonchev–Trinajstić information content (AvgIpc) is 2.39. The maximum atomic E-state index is 13.5. The van der Waals surface area contributed by atoms with E-state index in [1.54, 1.807) is 12.1 Å². The quantitative estimate of drug-likeness (QED) is 0.742. The third-order valence-corrected chi connectivity index (χ3v) is 2.55. The summed E-state index contributed by atoms with van der Waals surface area (Å²) in [4.78, 5) is 3.98. The molecule has 4 heteroatoms. The highest BCUT2D eigenvalue weighted by molar-refractivity contribution is 6.13. The van der Waals surface area contributed by atoms with E-state index in [9.17, 15) is 13.2 Å². The molecule has 0 aromatic heterocycles. The van der Waals surface area contributed by atoms with Crippen LogP contribution in [0.25, 0.3) is 5.70 Å². The molecule has 1 aromatic carbocycles. The van der Waals surface area contributed by atoms with Gasteiger partial charge in [0.2, 0.25) is 0 Å². The van der Waals surface area contributed by atoms with Crippen molar-refractivity contribution in [1.29, 1.82) is 0 Å². The van der Waals surface area contributed by atoms with E-state index in [4.69, 9.17) is 0 Å². The molecule has 0 aliphatic heterocycles. The van der Waals surface area contributed by atoms with E-state index in [0.717, 1.165) is 0 Å². The van der Waals surface area contributed by atoms with Crippen molar-refractivity contribution in [3.8, 4) is 0 Å². The predicted octanol–water partition coefficient (Wildman–Crippen LogP) is 4.51. The Kier molecular flexibility index (Phi) is 3.80. The summed E-state index contributed by atoms with van der Waals surface area (Å²) in [7, 11) is 0. The molecule has 1 aliphatic rings. The lowest BCUT2D eigenvalue weighted by molar-refractivity contribution is 0.418. The zero-order chi connectivity index (χ0) is 13.8. The molecule has 0 saturated carbocycles. The smallest absolute Gasteiger partial charge is 0.248 e.